The van der Waals surface area contributed by atoms with Gasteiger partial charge in [-0.1, -0.05) is 0 Å². The number of likely N-dealkylation sites (tertiary alicyclic amines) is 2. The number of hydrogen-bond donors (Lipinski definition) is 5. The standard InChI is InChI=1S/C23H44ClN9O/c1-30(2)17-6-10-32(14-17)16-4-8-31(9-5-16)19-3-7-26-12-18(19)28-23(34)20-21(25)29-33-13-15(24)11-27-22(20)33/h15-22,26-27,29H,3-14,25H2,1-2H3,(H,28,34). The number of fused-ring (bicyclic) bond motifs is 1. The summed E-state index contributed by atoms with van der Waals surface area (Å²) in [6.07, 6.45) is 4.29. The number of alkyl halides is 1. The van der Waals surface area contributed by atoms with Crippen LogP contribution in [0.5, 0.6) is 0 Å². The first-order valence-electron chi connectivity index (χ1n) is 13.2. The average Bonchev–Trinajstić information content (AvgIpc) is 3.44. The fraction of sp³-hybridized carbons (Fsp3) is 0.957. The molecule has 5 aliphatic heterocycles. The quantitative estimate of drug-likeness (QED) is 0.281. The fourth-order valence-corrected chi connectivity index (χ4v) is 7.03. The van der Waals surface area contributed by atoms with Gasteiger partial charge in [-0.15, -0.1) is 11.6 Å². The maximum absolute atomic E-state index is 13.4. The molecule has 0 aromatic heterocycles. The van der Waals surface area contributed by atoms with Crippen molar-refractivity contribution in [2.24, 2.45) is 11.7 Å². The largest absolute Gasteiger partial charge is 0.350 e. The first-order chi connectivity index (χ1) is 16.4. The van der Waals surface area contributed by atoms with Crippen molar-refractivity contribution in [1.29, 1.82) is 0 Å². The minimum Gasteiger partial charge on any atom is -0.350 e. The number of hydrazine groups is 1. The van der Waals surface area contributed by atoms with E-state index in [1.165, 1.54) is 32.4 Å². The molecule has 0 spiro atoms. The number of rotatable bonds is 5. The molecule has 7 unspecified atom stereocenters. The number of nitrogens with one attached hydrogen (secondary N) is 4. The van der Waals surface area contributed by atoms with Gasteiger partial charge < -0.3 is 21.3 Å². The van der Waals surface area contributed by atoms with E-state index in [0.29, 0.717) is 31.2 Å². The molecule has 0 aliphatic carbocycles. The Balaban J connectivity index is 1.16. The first-order valence-corrected chi connectivity index (χ1v) is 13.7. The summed E-state index contributed by atoms with van der Waals surface area (Å²) in [6.45, 7) is 7.86. The van der Waals surface area contributed by atoms with Crippen molar-refractivity contribution in [3.63, 3.8) is 0 Å². The van der Waals surface area contributed by atoms with Crippen molar-refractivity contribution in [1.82, 2.24) is 41.1 Å². The second-order valence-corrected chi connectivity index (χ2v) is 11.7. The van der Waals surface area contributed by atoms with Crippen LogP contribution in [-0.4, -0.2) is 134 Å². The van der Waals surface area contributed by atoms with Crippen LogP contribution >= 0.6 is 11.6 Å². The maximum Gasteiger partial charge on any atom is 0.229 e. The highest BCUT2D eigenvalue weighted by atomic mass is 35.5. The van der Waals surface area contributed by atoms with Crippen molar-refractivity contribution in [2.45, 2.75) is 67.6 Å². The van der Waals surface area contributed by atoms with Gasteiger partial charge in [0, 0.05) is 63.9 Å². The summed E-state index contributed by atoms with van der Waals surface area (Å²) in [5.74, 6) is -0.300. The van der Waals surface area contributed by atoms with Crippen LogP contribution in [-0.2, 0) is 4.79 Å². The van der Waals surface area contributed by atoms with Crippen molar-refractivity contribution in [3.05, 3.63) is 0 Å². The topological polar surface area (TPSA) is 104 Å². The molecule has 0 bridgehead atoms. The van der Waals surface area contributed by atoms with Crippen molar-refractivity contribution < 1.29 is 4.79 Å². The zero-order valence-electron chi connectivity index (χ0n) is 20.8. The lowest BCUT2D eigenvalue weighted by atomic mass is 9.93. The molecule has 7 atom stereocenters. The van der Waals surface area contributed by atoms with Gasteiger partial charge in [-0.25, -0.2) is 10.4 Å². The maximum atomic E-state index is 13.4. The molecule has 5 aliphatic rings. The molecule has 10 nitrogen and oxygen atoms in total. The van der Waals surface area contributed by atoms with Crippen molar-refractivity contribution >= 4 is 17.5 Å². The molecule has 5 fully saturated rings. The summed E-state index contributed by atoms with van der Waals surface area (Å²) in [7, 11) is 4.40. The van der Waals surface area contributed by atoms with Gasteiger partial charge in [-0.3, -0.25) is 19.9 Å². The lowest BCUT2D eigenvalue weighted by Gasteiger charge is -2.45. The lowest BCUT2D eigenvalue weighted by molar-refractivity contribution is -0.128. The van der Waals surface area contributed by atoms with Crippen LogP contribution < -0.4 is 27.1 Å². The van der Waals surface area contributed by atoms with E-state index in [4.69, 9.17) is 17.3 Å². The first kappa shape index (κ1) is 25.1. The van der Waals surface area contributed by atoms with E-state index in [1.807, 2.05) is 5.01 Å². The molecule has 5 rings (SSSR count). The van der Waals surface area contributed by atoms with Crippen molar-refractivity contribution in [3.8, 4) is 0 Å². The van der Waals surface area contributed by atoms with Gasteiger partial charge in [0.25, 0.3) is 0 Å². The van der Waals surface area contributed by atoms with Crippen LogP contribution in [0.25, 0.3) is 0 Å². The predicted molar refractivity (Wildman–Crippen MR) is 134 cm³/mol. The molecule has 6 N–H and O–H groups in total. The van der Waals surface area contributed by atoms with Gasteiger partial charge in [-0.05, 0) is 46.3 Å². The van der Waals surface area contributed by atoms with E-state index in [2.05, 4.69) is 50.2 Å². The van der Waals surface area contributed by atoms with Crippen LogP contribution in [0.4, 0.5) is 0 Å². The Hall–Kier alpha value is -0.560. The second kappa shape index (κ2) is 10.8. The minimum atomic E-state index is -0.406. The fourth-order valence-electron chi connectivity index (χ4n) is 6.79. The number of nitrogens with zero attached hydrogens (tertiary/aromatic N) is 4. The zero-order valence-corrected chi connectivity index (χ0v) is 21.5. The number of carbonyl (C=O) groups is 1. The van der Waals surface area contributed by atoms with Gasteiger partial charge in [0.2, 0.25) is 5.91 Å². The van der Waals surface area contributed by atoms with E-state index in [0.717, 1.165) is 32.6 Å². The molecule has 0 saturated carbocycles. The van der Waals surface area contributed by atoms with Crippen LogP contribution in [0.15, 0.2) is 0 Å². The molecule has 0 aromatic rings. The highest BCUT2D eigenvalue weighted by Gasteiger charge is 2.47. The summed E-state index contributed by atoms with van der Waals surface area (Å²) >= 11 is 6.29. The third kappa shape index (κ3) is 5.26. The van der Waals surface area contributed by atoms with Crippen LogP contribution in [0, 0.1) is 5.92 Å². The Labute approximate surface area is 209 Å². The summed E-state index contributed by atoms with van der Waals surface area (Å²) < 4.78 is 0. The van der Waals surface area contributed by atoms with Gasteiger partial charge in [0.1, 0.15) is 0 Å². The molecule has 1 amide bonds. The average molecular weight is 498 g/mol. The zero-order chi connectivity index (χ0) is 23.8. The molecule has 5 saturated heterocycles. The van der Waals surface area contributed by atoms with Crippen LogP contribution in [0.1, 0.15) is 25.7 Å². The lowest BCUT2D eigenvalue weighted by Crippen LogP contribution is -2.64. The van der Waals surface area contributed by atoms with Crippen molar-refractivity contribution in [2.75, 3.05) is 66.5 Å². The molecule has 11 heteroatoms. The summed E-state index contributed by atoms with van der Waals surface area (Å²) in [6, 6.07) is 1.89. The number of amides is 1. The second-order valence-electron chi connectivity index (χ2n) is 11.1. The Morgan fingerprint density at radius 1 is 1.06 bits per heavy atom. The Bertz CT molecular complexity index is 706. The Morgan fingerprint density at radius 3 is 2.56 bits per heavy atom. The molecule has 194 valence electrons. The molecular formula is C23H44ClN9O. The van der Waals surface area contributed by atoms with E-state index in [9.17, 15) is 4.79 Å². The van der Waals surface area contributed by atoms with Crippen LogP contribution in [0.2, 0.25) is 0 Å². The smallest absolute Gasteiger partial charge is 0.229 e. The summed E-state index contributed by atoms with van der Waals surface area (Å²) in [5, 5.41) is 12.3. The molecule has 34 heavy (non-hydrogen) atoms. The van der Waals surface area contributed by atoms with Crippen LogP contribution in [0.3, 0.4) is 0 Å². The van der Waals surface area contributed by atoms with E-state index >= 15 is 0 Å². The predicted octanol–water partition coefficient (Wildman–Crippen LogP) is -1.81. The van der Waals surface area contributed by atoms with E-state index in [-0.39, 0.29) is 29.4 Å². The van der Waals surface area contributed by atoms with Gasteiger partial charge in [-0.2, -0.15) is 0 Å². The number of likely N-dealkylation sites (N-methyl/N-ethyl adjacent to an activating group) is 1. The molecule has 0 radical (unpaired) electrons. The van der Waals surface area contributed by atoms with E-state index < -0.39 is 6.17 Å². The summed E-state index contributed by atoms with van der Waals surface area (Å²) in [4.78, 5) is 21.1. The Morgan fingerprint density at radius 2 is 1.82 bits per heavy atom. The van der Waals surface area contributed by atoms with Gasteiger partial charge in [0.15, 0.2) is 0 Å². The molecular weight excluding hydrogens is 454 g/mol. The minimum absolute atomic E-state index is 0.0157. The number of piperidine rings is 2. The molecule has 5 heterocycles. The Kier molecular flexibility index (Phi) is 7.99. The number of nitrogens with two attached hydrogens (primary N) is 1. The normalized spacial score (nSPS) is 41.1. The van der Waals surface area contributed by atoms with E-state index in [1.54, 1.807) is 0 Å². The van der Waals surface area contributed by atoms with Gasteiger partial charge in [0.05, 0.1) is 29.7 Å². The highest BCUT2D eigenvalue weighted by Crippen LogP contribution is 2.27. The highest BCUT2D eigenvalue weighted by molar-refractivity contribution is 6.21. The monoisotopic (exact) mass is 497 g/mol. The SMILES string of the molecule is CN(C)C1CCN(C2CCN(C3CCNCC3NC(=O)C3C(N)NN4CC(Cl)CNC34)CC2)C1. The third-order valence-electron chi connectivity index (χ3n) is 8.81. The summed E-state index contributed by atoms with van der Waals surface area (Å²) in [5.41, 5.74) is 9.58. The van der Waals surface area contributed by atoms with Gasteiger partial charge >= 0.3 is 0 Å². The third-order valence-corrected chi connectivity index (χ3v) is 9.10. The number of halogens is 1. The number of hydrogen-bond acceptors (Lipinski definition) is 9. The molecule has 0 aromatic carbocycles. The number of carbonyl (C=O) groups excluding carboxylic acids is 1.